The monoisotopic (exact) mass is 222 g/mol. The van der Waals surface area contributed by atoms with Crippen LogP contribution in [0.1, 0.15) is 18.9 Å². The molecule has 1 heterocycles. The third-order valence-electron chi connectivity index (χ3n) is 2.55. The number of carbonyl (C=O) groups is 1. The summed E-state index contributed by atoms with van der Waals surface area (Å²) in [4.78, 5) is 16.9. The van der Waals surface area contributed by atoms with Gasteiger partial charge in [-0.05, 0) is 24.5 Å². The Labute approximate surface area is 95.9 Å². The maximum atomic E-state index is 10.6. The van der Waals surface area contributed by atoms with Crippen molar-refractivity contribution in [1.82, 2.24) is 4.98 Å². The number of hydrogen-bond acceptors (Lipinski definition) is 3. The van der Waals surface area contributed by atoms with E-state index in [9.17, 15) is 4.79 Å². The van der Waals surface area contributed by atoms with Crippen LogP contribution in [0.5, 0.6) is 0 Å². The van der Waals surface area contributed by atoms with Crippen LogP contribution in [0.2, 0.25) is 0 Å². The summed E-state index contributed by atoms with van der Waals surface area (Å²) in [5.41, 5.74) is 1.08. The normalized spacial score (nSPS) is 12.2. The Bertz CT molecular complexity index is 347. The van der Waals surface area contributed by atoms with E-state index >= 15 is 0 Å². The first kappa shape index (κ1) is 12.5. The summed E-state index contributed by atoms with van der Waals surface area (Å²) in [6.45, 7) is 1.73. The van der Waals surface area contributed by atoms with Gasteiger partial charge in [-0.1, -0.05) is 13.0 Å². The number of aryl methyl sites for hydroxylation is 1. The molecule has 0 fully saturated rings. The quantitative estimate of drug-likeness (QED) is 0.825. The second-order valence-electron chi connectivity index (χ2n) is 4.20. The minimum absolute atomic E-state index is 0.298. The van der Waals surface area contributed by atoms with Gasteiger partial charge >= 0.3 is 5.97 Å². The average Bonchev–Trinajstić information content (AvgIpc) is 2.26. The Morgan fingerprint density at radius 1 is 1.50 bits per heavy atom. The fourth-order valence-electron chi connectivity index (χ4n) is 1.34. The summed E-state index contributed by atoms with van der Waals surface area (Å²) >= 11 is 0. The van der Waals surface area contributed by atoms with Crippen molar-refractivity contribution in [2.75, 3.05) is 19.0 Å². The molecule has 0 aliphatic heterocycles. The lowest BCUT2D eigenvalue weighted by molar-refractivity contribution is -0.141. The van der Waals surface area contributed by atoms with Crippen LogP contribution < -0.4 is 4.90 Å². The molecule has 1 rings (SSSR count). The summed E-state index contributed by atoms with van der Waals surface area (Å²) in [6, 6.07) is 3.94. The SMILES string of the molecule is CC(CCc1ccc(N(C)C)nc1)C(=O)O. The number of nitrogens with zero attached hydrogens (tertiary/aromatic N) is 2. The van der Waals surface area contributed by atoms with E-state index in [4.69, 9.17) is 5.11 Å². The van der Waals surface area contributed by atoms with Gasteiger partial charge < -0.3 is 10.0 Å². The van der Waals surface area contributed by atoms with Crippen molar-refractivity contribution in [3.63, 3.8) is 0 Å². The molecule has 1 aromatic heterocycles. The predicted molar refractivity (Wildman–Crippen MR) is 63.7 cm³/mol. The first-order chi connectivity index (χ1) is 7.50. The van der Waals surface area contributed by atoms with Crippen molar-refractivity contribution in [3.05, 3.63) is 23.9 Å². The van der Waals surface area contributed by atoms with Gasteiger partial charge in [0.25, 0.3) is 0 Å². The highest BCUT2D eigenvalue weighted by molar-refractivity contribution is 5.69. The Hall–Kier alpha value is -1.58. The average molecular weight is 222 g/mol. The number of aliphatic carboxylic acids is 1. The Morgan fingerprint density at radius 2 is 2.19 bits per heavy atom. The summed E-state index contributed by atoms with van der Waals surface area (Å²) in [6.07, 6.45) is 3.22. The largest absolute Gasteiger partial charge is 0.481 e. The van der Waals surface area contributed by atoms with E-state index in [1.165, 1.54) is 0 Å². The third-order valence-corrected chi connectivity index (χ3v) is 2.55. The van der Waals surface area contributed by atoms with Crippen LogP contribution in [0.4, 0.5) is 5.82 Å². The van der Waals surface area contributed by atoms with Crippen LogP contribution >= 0.6 is 0 Å². The lowest BCUT2D eigenvalue weighted by Crippen LogP contribution is -2.11. The van der Waals surface area contributed by atoms with Crippen LogP contribution in [0.15, 0.2) is 18.3 Å². The van der Waals surface area contributed by atoms with Gasteiger partial charge in [-0.2, -0.15) is 0 Å². The molecule has 1 N–H and O–H groups in total. The van der Waals surface area contributed by atoms with E-state index in [0.29, 0.717) is 6.42 Å². The van der Waals surface area contributed by atoms with Gasteiger partial charge in [0.05, 0.1) is 5.92 Å². The Balaban J connectivity index is 2.52. The van der Waals surface area contributed by atoms with Crippen molar-refractivity contribution in [1.29, 1.82) is 0 Å². The lowest BCUT2D eigenvalue weighted by Gasteiger charge is -2.11. The van der Waals surface area contributed by atoms with Gasteiger partial charge in [-0.15, -0.1) is 0 Å². The Kier molecular flexibility index (Phi) is 4.28. The molecule has 88 valence electrons. The standard InChI is InChI=1S/C12H18N2O2/c1-9(12(15)16)4-5-10-6-7-11(13-8-10)14(2)3/h6-9H,4-5H2,1-3H3,(H,15,16). The number of carboxylic acid groups (broad SMARTS) is 1. The van der Waals surface area contributed by atoms with E-state index < -0.39 is 5.97 Å². The van der Waals surface area contributed by atoms with Crippen LogP contribution in [0.3, 0.4) is 0 Å². The molecule has 1 unspecified atom stereocenters. The first-order valence-electron chi connectivity index (χ1n) is 5.35. The van der Waals surface area contributed by atoms with Crippen LogP contribution in [0.25, 0.3) is 0 Å². The number of rotatable bonds is 5. The summed E-state index contributed by atoms with van der Waals surface area (Å²) in [5, 5.41) is 8.75. The fourth-order valence-corrected chi connectivity index (χ4v) is 1.34. The van der Waals surface area contributed by atoms with Crippen LogP contribution in [0, 0.1) is 5.92 Å². The van der Waals surface area contributed by atoms with E-state index in [-0.39, 0.29) is 5.92 Å². The van der Waals surface area contributed by atoms with Crippen molar-refractivity contribution in [2.45, 2.75) is 19.8 Å². The molecular weight excluding hydrogens is 204 g/mol. The molecule has 4 heteroatoms. The van der Waals surface area contributed by atoms with Gasteiger partial charge in [0.1, 0.15) is 5.82 Å². The number of pyridine rings is 1. The molecule has 0 bridgehead atoms. The molecule has 0 radical (unpaired) electrons. The van der Waals surface area contributed by atoms with E-state index in [1.54, 1.807) is 6.92 Å². The molecule has 0 spiro atoms. The number of hydrogen-bond donors (Lipinski definition) is 1. The molecule has 1 aromatic rings. The van der Waals surface area contributed by atoms with Crippen molar-refractivity contribution >= 4 is 11.8 Å². The number of carboxylic acids is 1. The second-order valence-corrected chi connectivity index (χ2v) is 4.20. The second kappa shape index (κ2) is 5.49. The molecule has 0 saturated carbocycles. The highest BCUT2D eigenvalue weighted by atomic mass is 16.4. The zero-order valence-electron chi connectivity index (χ0n) is 9.97. The van der Waals surface area contributed by atoms with Gasteiger partial charge in [-0.3, -0.25) is 4.79 Å². The van der Waals surface area contributed by atoms with E-state index in [0.717, 1.165) is 17.8 Å². The number of aromatic nitrogens is 1. The molecule has 0 aliphatic carbocycles. The van der Waals surface area contributed by atoms with Crippen molar-refractivity contribution in [2.24, 2.45) is 5.92 Å². The minimum Gasteiger partial charge on any atom is -0.481 e. The smallest absolute Gasteiger partial charge is 0.306 e. The summed E-state index contributed by atoms with van der Waals surface area (Å²) in [5.74, 6) is -0.124. The van der Waals surface area contributed by atoms with E-state index in [2.05, 4.69) is 4.98 Å². The first-order valence-corrected chi connectivity index (χ1v) is 5.35. The molecule has 0 aliphatic rings. The van der Waals surface area contributed by atoms with Gasteiger partial charge in [0.2, 0.25) is 0 Å². The van der Waals surface area contributed by atoms with Gasteiger partial charge in [-0.25, -0.2) is 4.98 Å². The molecule has 1 atom stereocenters. The topological polar surface area (TPSA) is 53.4 Å². The Morgan fingerprint density at radius 3 is 2.62 bits per heavy atom. The molecule has 0 amide bonds. The van der Waals surface area contributed by atoms with Crippen molar-refractivity contribution in [3.8, 4) is 0 Å². The highest BCUT2D eigenvalue weighted by Gasteiger charge is 2.10. The molecule has 0 aromatic carbocycles. The summed E-state index contributed by atoms with van der Waals surface area (Å²) < 4.78 is 0. The maximum Gasteiger partial charge on any atom is 0.306 e. The van der Waals surface area contributed by atoms with Crippen LogP contribution in [-0.4, -0.2) is 30.2 Å². The highest BCUT2D eigenvalue weighted by Crippen LogP contribution is 2.12. The molecule has 16 heavy (non-hydrogen) atoms. The van der Waals surface area contributed by atoms with E-state index in [1.807, 2.05) is 37.3 Å². The molecule has 4 nitrogen and oxygen atoms in total. The predicted octanol–water partition coefficient (Wildman–Crippen LogP) is 1.80. The minimum atomic E-state index is -0.738. The summed E-state index contributed by atoms with van der Waals surface area (Å²) in [7, 11) is 3.88. The number of anilines is 1. The fraction of sp³-hybridized carbons (Fsp3) is 0.500. The maximum absolute atomic E-state index is 10.6. The van der Waals surface area contributed by atoms with Gasteiger partial charge in [0.15, 0.2) is 0 Å². The van der Waals surface area contributed by atoms with Crippen LogP contribution in [-0.2, 0) is 11.2 Å². The zero-order chi connectivity index (χ0) is 12.1. The molecular formula is C12H18N2O2. The van der Waals surface area contributed by atoms with Gasteiger partial charge in [0, 0.05) is 20.3 Å². The van der Waals surface area contributed by atoms with Crippen molar-refractivity contribution < 1.29 is 9.90 Å². The third kappa shape index (κ3) is 3.53. The lowest BCUT2D eigenvalue weighted by atomic mass is 10.0. The molecule has 0 saturated heterocycles. The zero-order valence-corrected chi connectivity index (χ0v) is 9.97.